The van der Waals surface area contributed by atoms with Gasteiger partial charge in [0.1, 0.15) is 0 Å². The molecular formula is C15H19ClSSi. The van der Waals surface area contributed by atoms with Gasteiger partial charge in [-0.2, -0.15) is 0 Å². The SMILES string of the molecule is C[Si](C)(CCCc1ccccc1)c1ccc(Cl)s1. The van der Waals surface area contributed by atoms with E-state index in [1.165, 1.54) is 28.9 Å². The van der Waals surface area contributed by atoms with Gasteiger partial charge in [0.2, 0.25) is 0 Å². The third kappa shape index (κ3) is 3.71. The maximum atomic E-state index is 6.04. The molecule has 0 spiro atoms. The van der Waals surface area contributed by atoms with Crippen molar-refractivity contribution in [1.82, 2.24) is 0 Å². The molecule has 0 saturated carbocycles. The predicted octanol–water partition coefficient (Wildman–Crippen LogP) is 4.95. The van der Waals surface area contributed by atoms with Crippen LogP contribution in [0.1, 0.15) is 12.0 Å². The van der Waals surface area contributed by atoms with Crippen molar-refractivity contribution in [1.29, 1.82) is 0 Å². The first-order valence-corrected chi connectivity index (χ1v) is 10.8. The van der Waals surface area contributed by atoms with Crippen molar-refractivity contribution < 1.29 is 0 Å². The minimum absolute atomic E-state index is 0.925. The quantitative estimate of drug-likeness (QED) is 0.685. The molecular weight excluding hydrogens is 276 g/mol. The van der Waals surface area contributed by atoms with Gasteiger partial charge in [-0.15, -0.1) is 11.3 Å². The van der Waals surface area contributed by atoms with Gasteiger partial charge in [-0.1, -0.05) is 73.6 Å². The zero-order valence-corrected chi connectivity index (χ0v) is 13.5. The van der Waals surface area contributed by atoms with Crippen LogP contribution in [0, 0.1) is 0 Å². The molecule has 0 nitrogen and oxygen atoms in total. The van der Waals surface area contributed by atoms with Crippen LogP contribution in [-0.4, -0.2) is 8.07 Å². The van der Waals surface area contributed by atoms with Crippen molar-refractivity contribution in [2.75, 3.05) is 0 Å². The molecule has 0 saturated heterocycles. The Morgan fingerprint density at radius 1 is 1.06 bits per heavy atom. The van der Waals surface area contributed by atoms with E-state index in [-0.39, 0.29) is 0 Å². The number of rotatable bonds is 5. The molecule has 96 valence electrons. The van der Waals surface area contributed by atoms with Gasteiger partial charge in [-0.3, -0.25) is 0 Å². The number of hydrogen-bond donors (Lipinski definition) is 0. The monoisotopic (exact) mass is 294 g/mol. The lowest BCUT2D eigenvalue weighted by Gasteiger charge is -2.20. The van der Waals surface area contributed by atoms with Crippen molar-refractivity contribution >= 4 is 35.5 Å². The van der Waals surface area contributed by atoms with Crippen LogP contribution in [0.25, 0.3) is 0 Å². The van der Waals surface area contributed by atoms with Gasteiger partial charge in [0.15, 0.2) is 0 Å². The second-order valence-electron chi connectivity index (χ2n) is 5.33. The molecule has 0 atom stereocenters. The van der Waals surface area contributed by atoms with Gasteiger partial charge < -0.3 is 0 Å². The van der Waals surface area contributed by atoms with Gasteiger partial charge in [0, 0.05) is 0 Å². The summed E-state index contributed by atoms with van der Waals surface area (Å²) in [6.07, 6.45) is 2.47. The van der Waals surface area contributed by atoms with E-state index in [0.29, 0.717) is 0 Å². The lowest BCUT2D eigenvalue weighted by atomic mass is 10.1. The topological polar surface area (TPSA) is 0 Å². The van der Waals surface area contributed by atoms with Crippen LogP contribution in [0.5, 0.6) is 0 Å². The average Bonchev–Trinajstić information content (AvgIpc) is 2.78. The maximum absolute atomic E-state index is 6.04. The molecule has 0 amide bonds. The summed E-state index contributed by atoms with van der Waals surface area (Å²) in [5.74, 6) is 0. The van der Waals surface area contributed by atoms with Crippen LogP contribution in [0.4, 0.5) is 0 Å². The molecule has 0 aliphatic rings. The Bertz CT molecular complexity index is 490. The van der Waals surface area contributed by atoms with Crippen molar-refractivity contribution in [3.63, 3.8) is 0 Å². The third-order valence-electron chi connectivity index (χ3n) is 3.35. The van der Waals surface area contributed by atoms with E-state index >= 15 is 0 Å². The number of halogens is 1. The number of aryl methyl sites for hydroxylation is 1. The fraction of sp³-hybridized carbons (Fsp3) is 0.333. The van der Waals surface area contributed by atoms with Crippen molar-refractivity contribution in [2.24, 2.45) is 0 Å². The molecule has 0 fully saturated rings. The fourth-order valence-electron chi connectivity index (χ4n) is 2.18. The average molecular weight is 295 g/mol. The summed E-state index contributed by atoms with van der Waals surface area (Å²) in [5.41, 5.74) is 1.45. The van der Waals surface area contributed by atoms with Crippen LogP contribution in [0.15, 0.2) is 42.5 Å². The molecule has 2 rings (SSSR count). The first-order valence-electron chi connectivity index (χ1n) is 6.38. The molecule has 0 aliphatic heterocycles. The van der Waals surface area contributed by atoms with E-state index in [4.69, 9.17) is 11.6 Å². The van der Waals surface area contributed by atoms with Gasteiger partial charge in [0.05, 0.1) is 12.4 Å². The molecule has 0 unspecified atom stereocenters. The Morgan fingerprint density at radius 3 is 2.39 bits per heavy atom. The predicted molar refractivity (Wildman–Crippen MR) is 86.0 cm³/mol. The molecule has 1 aromatic heterocycles. The highest BCUT2D eigenvalue weighted by Crippen LogP contribution is 2.22. The van der Waals surface area contributed by atoms with Crippen LogP contribution >= 0.6 is 22.9 Å². The Hall–Kier alpha value is -0.573. The highest BCUT2D eigenvalue weighted by Gasteiger charge is 2.24. The largest absolute Gasteiger partial charge is 0.133 e. The minimum atomic E-state index is -1.28. The Balaban J connectivity index is 1.89. The van der Waals surface area contributed by atoms with Crippen molar-refractivity contribution in [3.05, 3.63) is 52.4 Å². The highest BCUT2D eigenvalue weighted by molar-refractivity contribution is 7.29. The lowest BCUT2D eigenvalue weighted by Crippen LogP contribution is -2.38. The Morgan fingerprint density at radius 2 is 1.78 bits per heavy atom. The van der Waals surface area contributed by atoms with Gasteiger partial charge >= 0.3 is 0 Å². The Kier molecular flexibility index (Phi) is 4.65. The van der Waals surface area contributed by atoms with E-state index in [9.17, 15) is 0 Å². The molecule has 3 heteroatoms. The molecule has 0 radical (unpaired) electrons. The molecule has 1 heterocycles. The normalized spacial score (nSPS) is 11.7. The standard InChI is InChI=1S/C15H19ClSSi/c1-18(2,15-11-10-14(16)17-15)12-6-9-13-7-4-3-5-8-13/h3-5,7-8,10-11H,6,9,12H2,1-2H3. The van der Waals surface area contributed by atoms with E-state index in [2.05, 4.69) is 49.5 Å². The number of benzene rings is 1. The van der Waals surface area contributed by atoms with Gasteiger partial charge in [-0.25, -0.2) is 0 Å². The molecule has 0 N–H and O–H groups in total. The van der Waals surface area contributed by atoms with Crippen LogP contribution in [0.3, 0.4) is 0 Å². The smallest absolute Gasteiger partial charge is 0.0935 e. The van der Waals surface area contributed by atoms with E-state index < -0.39 is 8.07 Å². The summed E-state index contributed by atoms with van der Waals surface area (Å²) in [6.45, 7) is 4.89. The fourth-order valence-corrected chi connectivity index (χ4v) is 6.75. The summed E-state index contributed by atoms with van der Waals surface area (Å²) in [4.78, 5) is 0. The summed E-state index contributed by atoms with van der Waals surface area (Å²) in [6, 6.07) is 16.4. The van der Waals surface area contributed by atoms with Crippen LogP contribution < -0.4 is 4.50 Å². The van der Waals surface area contributed by atoms with Crippen molar-refractivity contribution in [2.45, 2.75) is 32.0 Å². The first-order chi connectivity index (χ1) is 8.58. The van der Waals surface area contributed by atoms with E-state index in [0.717, 1.165) is 4.34 Å². The molecule has 1 aromatic carbocycles. The molecule has 18 heavy (non-hydrogen) atoms. The van der Waals surface area contributed by atoms with E-state index in [1.807, 2.05) is 6.07 Å². The summed E-state index contributed by atoms with van der Waals surface area (Å²) < 4.78 is 2.45. The molecule has 2 aromatic rings. The second kappa shape index (κ2) is 6.05. The second-order valence-corrected chi connectivity index (χ2v) is 12.2. The minimum Gasteiger partial charge on any atom is -0.133 e. The van der Waals surface area contributed by atoms with E-state index in [1.54, 1.807) is 11.3 Å². The van der Waals surface area contributed by atoms with Crippen LogP contribution in [0.2, 0.25) is 23.5 Å². The lowest BCUT2D eigenvalue weighted by molar-refractivity contribution is 0.905. The summed E-state index contributed by atoms with van der Waals surface area (Å²) >= 11 is 7.81. The number of thiophene rings is 1. The zero-order valence-electron chi connectivity index (χ0n) is 10.9. The van der Waals surface area contributed by atoms with Gasteiger partial charge in [-0.05, 0) is 22.6 Å². The number of hydrogen-bond acceptors (Lipinski definition) is 1. The third-order valence-corrected chi connectivity index (χ3v) is 9.46. The molecule has 0 bridgehead atoms. The summed E-state index contributed by atoms with van der Waals surface area (Å²) in [7, 11) is -1.28. The van der Waals surface area contributed by atoms with Gasteiger partial charge in [0.25, 0.3) is 0 Å². The zero-order chi connectivity index (χ0) is 13.0. The maximum Gasteiger partial charge on any atom is 0.0935 e. The highest BCUT2D eigenvalue weighted by atomic mass is 35.5. The van der Waals surface area contributed by atoms with Crippen molar-refractivity contribution in [3.8, 4) is 0 Å². The first kappa shape index (κ1) is 13.8. The van der Waals surface area contributed by atoms with Crippen LogP contribution in [-0.2, 0) is 6.42 Å². The summed E-state index contributed by atoms with van der Waals surface area (Å²) in [5, 5.41) is 0. The molecule has 0 aliphatic carbocycles. The Labute approximate surface area is 120 Å².